The van der Waals surface area contributed by atoms with Gasteiger partial charge in [0.05, 0.1) is 6.04 Å². The number of benzene rings is 1. The van der Waals surface area contributed by atoms with Gasteiger partial charge in [-0.25, -0.2) is 0 Å². The van der Waals surface area contributed by atoms with Crippen molar-refractivity contribution in [2.75, 3.05) is 32.6 Å². The van der Waals surface area contributed by atoms with E-state index in [0.29, 0.717) is 12.6 Å². The molecule has 3 nitrogen and oxygen atoms in total. The van der Waals surface area contributed by atoms with Crippen LogP contribution in [0.4, 0.5) is 5.69 Å². The highest BCUT2D eigenvalue weighted by Crippen LogP contribution is 2.28. The van der Waals surface area contributed by atoms with E-state index in [9.17, 15) is 0 Å². The lowest BCUT2D eigenvalue weighted by Gasteiger charge is -2.16. The van der Waals surface area contributed by atoms with Gasteiger partial charge in [-0.05, 0) is 57.1 Å². The zero-order valence-corrected chi connectivity index (χ0v) is 14.0. The van der Waals surface area contributed by atoms with Crippen LogP contribution in [0.25, 0.3) is 0 Å². The van der Waals surface area contributed by atoms with Gasteiger partial charge in [0.2, 0.25) is 0 Å². The van der Waals surface area contributed by atoms with Gasteiger partial charge in [-0.1, -0.05) is 6.07 Å². The number of rotatable bonds is 7. The summed E-state index contributed by atoms with van der Waals surface area (Å²) in [6.07, 6.45) is 0. The minimum atomic E-state index is 0.307. The molecule has 0 bridgehead atoms. The molecule has 4 heteroatoms. The molecule has 114 valence electrons. The van der Waals surface area contributed by atoms with Crippen molar-refractivity contribution in [3.8, 4) is 5.75 Å². The summed E-state index contributed by atoms with van der Waals surface area (Å²) in [5, 5.41) is 5.69. The van der Waals surface area contributed by atoms with Crippen molar-refractivity contribution in [1.29, 1.82) is 0 Å². The maximum atomic E-state index is 5.77. The molecule has 0 spiro atoms. The second-order valence-electron chi connectivity index (χ2n) is 5.51. The summed E-state index contributed by atoms with van der Waals surface area (Å²) in [6, 6.07) is 10.7. The van der Waals surface area contributed by atoms with Crippen LogP contribution in [0, 0.1) is 6.92 Å². The third-order valence-electron chi connectivity index (χ3n) is 3.32. The summed E-state index contributed by atoms with van der Waals surface area (Å²) in [7, 11) is 4.10. The van der Waals surface area contributed by atoms with Crippen LogP contribution >= 0.6 is 11.3 Å². The lowest BCUT2D eigenvalue weighted by atomic mass is 10.2. The molecule has 0 radical (unpaired) electrons. The molecular formula is C17H24N2OS. The summed E-state index contributed by atoms with van der Waals surface area (Å²) in [4.78, 5) is 3.50. The first-order valence-corrected chi connectivity index (χ1v) is 8.12. The van der Waals surface area contributed by atoms with Crippen molar-refractivity contribution < 1.29 is 4.74 Å². The van der Waals surface area contributed by atoms with Gasteiger partial charge in [0.25, 0.3) is 0 Å². The average Bonchev–Trinajstić information content (AvgIpc) is 2.85. The lowest BCUT2D eigenvalue weighted by molar-refractivity contribution is 0.261. The summed E-state index contributed by atoms with van der Waals surface area (Å²) in [5.41, 5.74) is 2.44. The Labute approximate surface area is 131 Å². The minimum absolute atomic E-state index is 0.307. The molecule has 1 unspecified atom stereocenters. The van der Waals surface area contributed by atoms with Gasteiger partial charge in [-0.3, -0.25) is 0 Å². The van der Waals surface area contributed by atoms with Crippen LogP contribution in [0.15, 0.2) is 35.7 Å². The van der Waals surface area contributed by atoms with Crippen molar-refractivity contribution in [3.63, 3.8) is 0 Å². The van der Waals surface area contributed by atoms with E-state index in [1.807, 2.05) is 26.2 Å². The van der Waals surface area contributed by atoms with E-state index >= 15 is 0 Å². The van der Waals surface area contributed by atoms with Crippen molar-refractivity contribution >= 4 is 17.0 Å². The Morgan fingerprint density at radius 1 is 1.29 bits per heavy atom. The molecule has 1 atom stereocenters. The molecule has 2 aromatic rings. The van der Waals surface area contributed by atoms with E-state index < -0.39 is 0 Å². The molecule has 21 heavy (non-hydrogen) atoms. The van der Waals surface area contributed by atoms with Crippen molar-refractivity contribution in [1.82, 2.24) is 4.90 Å². The van der Waals surface area contributed by atoms with Crippen LogP contribution in [0.2, 0.25) is 0 Å². The highest BCUT2D eigenvalue weighted by molar-refractivity contribution is 7.10. The molecule has 1 aromatic carbocycles. The zero-order chi connectivity index (χ0) is 15.2. The van der Waals surface area contributed by atoms with E-state index in [4.69, 9.17) is 4.74 Å². The molecule has 1 heterocycles. The predicted molar refractivity (Wildman–Crippen MR) is 91.6 cm³/mol. The average molecular weight is 304 g/mol. The van der Waals surface area contributed by atoms with Crippen LogP contribution < -0.4 is 10.1 Å². The quantitative estimate of drug-likeness (QED) is 0.831. The molecule has 1 aromatic heterocycles. The smallest absolute Gasteiger partial charge is 0.121 e. The normalized spacial score (nSPS) is 12.4. The third kappa shape index (κ3) is 4.76. The number of hydrogen-bond donors (Lipinski definition) is 1. The van der Waals surface area contributed by atoms with Crippen molar-refractivity contribution in [2.45, 2.75) is 19.9 Å². The SMILES string of the molecule is Cc1ccsc1C(C)Nc1cccc(OCCN(C)C)c1. The second-order valence-corrected chi connectivity index (χ2v) is 6.46. The standard InChI is InChI=1S/C17H24N2OS/c1-13-8-11-21-17(13)14(2)18-15-6-5-7-16(12-15)20-10-9-19(3)4/h5-8,11-12,14,18H,9-10H2,1-4H3. The highest BCUT2D eigenvalue weighted by atomic mass is 32.1. The second kappa shape index (κ2) is 7.48. The minimum Gasteiger partial charge on any atom is -0.492 e. The molecule has 0 aliphatic heterocycles. The van der Waals surface area contributed by atoms with E-state index in [1.54, 1.807) is 11.3 Å². The number of nitrogens with one attached hydrogen (secondary N) is 1. The number of thiophene rings is 1. The number of nitrogens with zero attached hydrogens (tertiary/aromatic N) is 1. The maximum absolute atomic E-state index is 5.77. The summed E-state index contributed by atoms with van der Waals surface area (Å²) >= 11 is 1.80. The number of ether oxygens (including phenoxy) is 1. The highest BCUT2D eigenvalue weighted by Gasteiger charge is 2.09. The fourth-order valence-electron chi connectivity index (χ4n) is 2.17. The molecular weight excluding hydrogens is 280 g/mol. The molecule has 0 aliphatic rings. The predicted octanol–water partition coefficient (Wildman–Crippen LogP) is 4.17. The van der Waals surface area contributed by atoms with Crippen LogP contribution in [-0.4, -0.2) is 32.1 Å². The fourth-order valence-corrected chi connectivity index (χ4v) is 3.10. The Kier molecular flexibility index (Phi) is 5.65. The Hall–Kier alpha value is -1.52. The lowest BCUT2D eigenvalue weighted by Crippen LogP contribution is -2.19. The Morgan fingerprint density at radius 3 is 2.76 bits per heavy atom. The molecule has 1 N–H and O–H groups in total. The molecule has 0 aliphatic carbocycles. The molecule has 0 saturated heterocycles. The zero-order valence-electron chi connectivity index (χ0n) is 13.2. The summed E-state index contributed by atoms with van der Waals surface area (Å²) in [5.74, 6) is 0.914. The van der Waals surface area contributed by atoms with Gasteiger partial charge in [0.1, 0.15) is 12.4 Å². The molecule has 0 saturated carbocycles. The van der Waals surface area contributed by atoms with Gasteiger partial charge in [-0.15, -0.1) is 11.3 Å². The van der Waals surface area contributed by atoms with Crippen LogP contribution in [0.1, 0.15) is 23.4 Å². The summed E-state index contributed by atoms with van der Waals surface area (Å²) in [6.45, 7) is 5.97. The first-order chi connectivity index (χ1) is 10.1. The maximum Gasteiger partial charge on any atom is 0.121 e. The van der Waals surface area contributed by atoms with Gasteiger partial charge in [-0.2, -0.15) is 0 Å². The number of hydrogen-bond acceptors (Lipinski definition) is 4. The fraction of sp³-hybridized carbons (Fsp3) is 0.412. The van der Waals surface area contributed by atoms with Crippen molar-refractivity contribution in [2.24, 2.45) is 0 Å². The van der Waals surface area contributed by atoms with Crippen LogP contribution in [0.3, 0.4) is 0 Å². The van der Waals surface area contributed by atoms with Gasteiger partial charge in [0.15, 0.2) is 0 Å². The largest absolute Gasteiger partial charge is 0.492 e. The molecule has 0 amide bonds. The van der Waals surface area contributed by atoms with Gasteiger partial charge >= 0.3 is 0 Å². The van der Waals surface area contributed by atoms with Gasteiger partial charge in [0, 0.05) is 23.2 Å². The number of anilines is 1. The number of likely N-dealkylation sites (N-methyl/N-ethyl adjacent to an activating group) is 1. The molecule has 2 rings (SSSR count). The Balaban J connectivity index is 1.96. The van der Waals surface area contributed by atoms with E-state index in [0.717, 1.165) is 18.0 Å². The van der Waals surface area contributed by atoms with E-state index in [1.165, 1.54) is 10.4 Å². The Bertz CT molecular complexity index is 565. The molecule has 0 fully saturated rings. The summed E-state index contributed by atoms with van der Waals surface area (Å²) < 4.78 is 5.77. The number of aryl methyl sites for hydroxylation is 1. The van der Waals surface area contributed by atoms with Gasteiger partial charge < -0.3 is 15.0 Å². The first-order valence-electron chi connectivity index (χ1n) is 7.24. The topological polar surface area (TPSA) is 24.5 Å². The third-order valence-corrected chi connectivity index (χ3v) is 4.52. The van der Waals surface area contributed by atoms with Crippen LogP contribution in [0.5, 0.6) is 5.75 Å². The first kappa shape index (κ1) is 15.9. The van der Waals surface area contributed by atoms with E-state index in [2.05, 4.69) is 47.6 Å². The van der Waals surface area contributed by atoms with E-state index in [-0.39, 0.29) is 0 Å². The van der Waals surface area contributed by atoms with Crippen LogP contribution in [-0.2, 0) is 0 Å². The Morgan fingerprint density at radius 2 is 2.10 bits per heavy atom. The van der Waals surface area contributed by atoms with Crippen molar-refractivity contribution in [3.05, 3.63) is 46.2 Å². The monoisotopic (exact) mass is 304 g/mol.